The summed E-state index contributed by atoms with van der Waals surface area (Å²) in [6, 6.07) is 11.0. The van der Waals surface area contributed by atoms with Gasteiger partial charge in [0.2, 0.25) is 0 Å². The number of carbonyl (C=O) groups is 2. The maximum atomic E-state index is 13.5. The normalized spacial score (nSPS) is 11.6. The van der Waals surface area contributed by atoms with Gasteiger partial charge >= 0.3 is 25.6 Å². The fraction of sp³-hybridized carbons (Fsp3) is 0.263. The molecule has 0 heterocycles. The Morgan fingerprint density at radius 3 is 1.91 bits per heavy atom. The van der Waals surface area contributed by atoms with Gasteiger partial charge in [0.25, 0.3) is 0 Å². The van der Waals surface area contributed by atoms with Crippen LogP contribution >= 0.6 is 30.8 Å². The molecule has 0 N–H and O–H groups in total. The van der Waals surface area contributed by atoms with E-state index >= 15 is 0 Å². The molecule has 2 rings (SSSR count). The second-order valence-corrected chi connectivity index (χ2v) is 8.90. The summed E-state index contributed by atoms with van der Waals surface area (Å²) in [4.78, 5) is 23.7. The molecule has 0 aliphatic rings. The molecule has 0 saturated heterocycles. The number of amides is 1. The van der Waals surface area contributed by atoms with Crippen molar-refractivity contribution in [3.8, 4) is 11.5 Å². The van der Waals surface area contributed by atoms with E-state index in [2.05, 4.69) is 4.74 Å². The van der Waals surface area contributed by atoms with Crippen LogP contribution in [0.15, 0.2) is 48.5 Å². The maximum absolute atomic E-state index is 13.5. The topological polar surface area (TPSA) is 82.1 Å². The average molecular weight is 514 g/mol. The van der Waals surface area contributed by atoms with Crippen LogP contribution in [0.25, 0.3) is 0 Å². The Hall–Kier alpha value is -2.42. The Kier molecular flexibility index (Phi) is 8.83. The van der Waals surface area contributed by atoms with E-state index in [-0.39, 0.29) is 33.1 Å². The van der Waals surface area contributed by atoms with Crippen molar-refractivity contribution >= 4 is 42.7 Å². The summed E-state index contributed by atoms with van der Waals surface area (Å²) in [5.74, 6) is -3.76. The lowest BCUT2D eigenvalue weighted by molar-refractivity contribution is -0.186. The first kappa shape index (κ1) is 25.8. The minimum absolute atomic E-state index is 0.00609. The third-order valence-corrected chi connectivity index (χ3v) is 5.72. The fourth-order valence-electron chi connectivity index (χ4n) is 2.38. The van der Waals surface area contributed by atoms with Gasteiger partial charge in [0.15, 0.2) is 0 Å². The minimum Gasteiger partial charge on any atom is -0.465 e. The third kappa shape index (κ3) is 7.93. The van der Waals surface area contributed by atoms with Gasteiger partial charge < -0.3 is 18.7 Å². The van der Waals surface area contributed by atoms with Crippen molar-refractivity contribution in [1.82, 2.24) is 4.90 Å². The van der Waals surface area contributed by atoms with E-state index in [4.69, 9.17) is 32.2 Å². The third-order valence-electron chi connectivity index (χ3n) is 3.58. The highest BCUT2D eigenvalue weighted by atomic mass is 35.5. The van der Waals surface area contributed by atoms with Gasteiger partial charge in [-0.2, -0.15) is 13.2 Å². The van der Waals surface area contributed by atoms with Crippen molar-refractivity contribution in [2.45, 2.75) is 13.1 Å². The van der Waals surface area contributed by atoms with Gasteiger partial charge in [-0.3, -0.25) is 9.59 Å². The molecular formula is C19H17Cl2F3NO6P. The number of halogens is 5. The lowest BCUT2D eigenvalue weighted by atomic mass is 10.3. The first-order valence-electron chi connectivity index (χ1n) is 8.93. The molecule has 1 amide bonds. The highest BCUT2D eigenvalue weighted by Gasteiger charge is 2.46. The minimum atomic E-state index is -5.36. The highest BCUT2D eigenvalue weighted by Crippen LogP contribution is 2.50. The predicted octanol–water partition coefficient (Wildman–Crippen LogP) is 5.56. The van der Waals surface area contributed by atoms with E-state index < -0.39 is 38.5 Å². The lowest BCUT2D eigenvalue weighted by Gasteiger charge is -2.27. The fourth-order valence-corrected chi connectivity index (χ4v) is 4.41. The molecule has 2 aromatic rings. The van der Waals surface area contributed by atoms with Crippen molar-refractivity contribution in [2.24, 2.45) is 0 Å². The van der Waals surface area contributed by atoms with E-state index in [1.165, 1.54) is 55.5 Å². The molecule has 2 aromatic carbocycles. The first-order valence-corrected chi connectivity index (χ1v) is 11.4. The molecule has 13 heteroatoms. The zero-order valence-electron chi connectivity index (χ0n) is 16.5. The molecule has 7 nitrogen and oxygen atoms in total. The number of ether oxygens (including phenoxy) is 1. The molecule has 0 spiro atoms. The molecule has 0 radical (unpaired) electrons. The SMILES string of the molecule is CCOC(=O)CN(CP(=O)(Oc1cccc(Cl)c1)Oc1cccc(Cl)c1)C(=O)C(F)(F)F. The zero-order valence-corrected chi connectivity index (χ0v) is 18.9. The first-order chi connectivity index (χ1) is 14.9. The molecule has 0 bridgehead atoms. The van der Waals surface area contributed by atoms with Crippen LogP contribution in [0.4, 0.5) is 13.2 Å². The number of alkyl halides is 3. The summed E-state index contributed by atoms with van der Waals surface area (Å²) in [7, 11) is -4.58. The molecule has 0 aromatic heterocycles. The predicted molar refractivity (Wildman–Crippen MR) is 111 cm³/mol. The van der Waals surface area contributed by atoms with Gasteiger partial charge in [0, 0.05) is 10.0 Å². The Bertz CT molecular complexity index is 969. The van der Waals surface area contributed by atoms with Crippen LogP contribution in [0.5, 0.6) is 11.5 Å². The summed E-state index contributed by atoms with van der Waals surface area (Å²) in [5, 5.41) is 0.373. The van der Waals surface area contributed by atoms with Crippen molar-refractivity contribution in [1.29, 1.82) is 0 Å². The maximum Gasteiger partial charge on any atom is 0.471 e. The number of rotatable bonds is 9. The van der Waals surface area contributed by atoms with Crippen LogP contribution in [-0.4, -0.2) is 42.4 Å². The van der Waals surface area contributed by atoms with Gasteiger partial charge in [0.1, 0.15) is 24.3 Å². The quantitative estimate of drug-likeness (QED) is 0.322. The van der Waals surface area contributed by atoms with Crippen molar-refractivity contribution in [3.05, 3.63) is 58.6 Å². The van der Waals surface area contributed by atoms with Gasteiger partial charge in [-0.15, -0.1) is 0 Å². The summed E-state index contributed by atoms with van der Waals surface area (Å²) in [6.07, 6.45) is -6.58. The van der Waals surface area contributed by atoms with Crippen molar-refractivity contribution < 1.29 is 41.1 Å². The second kappa shape index (κ2) is 10.9. The molecule has 0 atom stereocenters. The van der Waals surface area contributed by atoms with Crippen LogP contribution in [0, 0.1) is 0 Å². The van der Waals surface area contributed by atoms with E-state index in [0.29, 0.717) is 0 Å². The van der Waals surface area contributed by atoms with Gasteiger partial charge in [-0.25, -0.2) is 4.57 Å². The summed E-state index contributed by atoms with van der Waals surface area (Å²) >= 11 is 11.7. The Labute approximate surface area is 191 Å². The van der Waals surface area contributed by atoms with Gasteiger partial charge in [-0.05, 0) is 43.3 Å². The van der Waals surface area contributed by atoms with Gasteiger partial charge in [-0.1, -0.05) is 35.3 Å². The van der Waals surface area contributed by atoms with Crippen molar-refractivity contribution in [3.63, 3.8) is 0 Å². The number of hydrogen-bond donors (Lipinski definition) is 0. The number of hydrogen-bond acceptors (Lipinski definition) is 6. The van der Waals surface area contributed by atoms with Crippen LogP contribution in [0.3, 0.4) is 0 Å². The summed E-state index contributed by atoms with van der Waals surface area (Å²) in [5.41, 5.74) is 0. The summed E-state index contributed by atoms with van der Waals surface area (Å²) < 4.78 is 68.2. The van der Waals surface area contributed by atoms with Crippen LogP contribution in [0.1, 0.15) is 6.92 Å². The van der Waals surface area contributed by atoms with Crippen LogP contribution in [0.2, 0.25) is 10.0 Å². The lowest BCUT2D eigenvalue weighted by Crippen LogP contribution is -2.45. The van der Waals surface area contributed by atoms with E-state index in [1.807, 2.05) is 0 Å². The smallest absolute Gasteiger partial charge is 0.465 e. The number of benzene rings is 2. The molecule has 0 fully saturated rings. The molecule has 0 unspecified atom stereocenters. The summed E-state index contributed by atoms with van der Waals surface area (Å²) in [6.45, 7) is 0.166. The van der Waals surface area contributed by atoms with E-state index in [9.17, 15) is 27.3 Å². The molecular weight excluding hydrogens is 497 g/mol. The Morgan fingerprint density at radius 2 is 1.50 bits per heavy atom. The van der Waals surface area contributed by atoms with Crippen LogP contribution < -0.4 is 9.05 Å². The second-order valence-electron chi connectivity index (χ2n) is 6.16. The molecule has 0 aliphatic heterocycles. The Balaban J connectivity index is 2.42. The molecule has 174 valence electrons. The monoisotopic (exact) mass is 513 g/mol. The largest absolute Gasteiger partial charge is 0.471 e. The number of carbonyl (C=O) groups excluding carboxylic acids is 2. The Morgan fingerprint density at radius 1 is 1.00 bits per heavy atom. The standard InChI is InChI=1S/C19H17Cl2F3NO6P/c1-2-29-17(26)11-25(18(27)19(22,23)24)12-32(28,30-15-7-3-5-13(20)9-15)31-16-8-4-6-14(21)10-16/h3-10H,2,11-12H2,1H3. The number of nitrogens with zero attached hydrogens (tertiary/aromatic N) is 1. The van der Waals surface area contributed by atoms with E-state index in [1.54, 1.807) is 0 Å². The molecule has 0 aliphatic carbocycles. The number of esters is 1. The van der Waals surface area contributed by atoms with Crippen LogP contribution in [-0.2, 0) is 18.9 Å². The zero-order chi connectivity index (χ0) is 23.9. The van der Waals surface area contributed by atoms with E-state index in [0.717, 1.165) is 0 Å². The molecule has 0 saturated carbocycles. The highest BCUT2D eigenvalue weighted by molar-refractivity contribution is 7.54. The van der Waals surface area contributed by atoms with Crippen molar-refractivity contribution in [2.75, 3.05) is 19.4 Å². The average Bonchev–Trinajstić information content (AvgIpc) is 2.66. The van der Waals surface area contributed by atoms with Gasteiger partial charge in [0.05, 0.1) is 6.61 Å². The molecule has 32 heavy (non-hydrogen) atoms.